The molecule has 0 fully saturated rings. The van der Waals surface area contributed by atoms with E-state index in [1.165, 1.54) is 0 Å². The lowest BCUT2D eigenvalue weighted by Gasteiger charge is -2.15. The van der Waals surface area contributed by atoms with Crippen LogP contribution in [0.25, 0.3) is 0 Å². The second-order valence-corrected chi connectivity index (χ2v) is 5.13. The van der Waals surface area contributed by atoms with Crippen molar-refractivity contribution in [2.45, 2.75) is 26.3 Å². The summed E-state index contributed by atoms with van der Waals surface area (Å²) in [6.07, 6.45) is 0.696. The summed E-state index contributed by atoms with van der Waals surface area (Å²) in [6, 6.07) is 11.3. The van der Waals surface area contributed by atoms with Gasteiger partial charge in [-0.3, -0.25) is 0 Å². The molecule has 0 aliphatic heterocycles. The van der Waals surface area contributed by atoms with Gasteiger partial charge in [0, 0.05) is 6.04 Å². The third kappa shape index (κ3) is 3.17. The van der Waals surface area contributed by atoms with Crippen LogP contribution in [0.3, 0.4) is 0 Å². The molecule has 0 saturated carbocycles. The van der Waals surface area contributed by atoms with Crippen molar-refractivity contribution < 1.29 is 9.13 Å². The number of ether oxygens (including phenoxy) is 1. The molecule has 20 heavy (non-hydrogen) atoms. The first-order valence-electron chi connectivity index (χ1n) is 6.66. The number of halogens is 1. The van der Waals surface area contributed by atoms with Gasteiger partial charge in [-0.15, -0.1) is 0 Å². The summed E-state index contributed by atoms with van der Waals surface area (Å²) in [6.45, 7) is 3.54. The van der Waals surface area contributed by atoms with Gasteiger partial charge in [-0.2, -0.15) is 0 Å². The molecule has 2 aromatic rings. The van der Waals surface area contributed by atoms with Crippen molar-refractivity contribution in [1.29, 1.82) is 0 Å². The normalized spacial score (nSPS) is 12.2. The molecule has 0 amide bonds. The lowest BCUT2D eigenvalue weighted by Crippen LogP contribution is -2.14. The second kappa shape index (κ2) is 6.06. The smallest absolute Gasteiger partial charge is 0.129 e. The Hall–Kier alpha value is -1.87. The minimum Gasteiger partial charge on any atom is -0.497 e. The standard InChI is InChI=1S/C17H20FNO/c1-11-7-14(8-12(2)17(11)18)16(19)10-13-5-4-6-15(9-13)20-3/h4-9,16H,10,19H2,1-3H3. The monoisotopic (exact) mass is 273 g/mol. The van der Waals surface area contributed by atoms with E-state index in [1.807, 2.05) is 36.4 Å². The number of methoxy groups -OCH3 is 1. The maximum atomic E-state index is 13.6. The molecule has 106 valence electrons. The van der Waals surface area contributed by atoms with Crippen LogP contribution in [-0.4, -0.2) is 7.11 Å². The molecule has 1 atom stereocenters. The molecule has 2 N–H and O–H groups in total. The average Bonchev–Trinajstić information content (AvgIpc) is 2.44. The fourth-order valence-electron chi connectivity index (χ4n) is 2.36. The van der Waals surface area contributed by atoms with E-state index < -0.39 is 0 Å². The van der Waals surface area contributed by atoms with E-state index in [1.54, 1.807) is 21.0 Å². The first-order valence-corrected chi connectivity index (χ1v) is 6.66. The van der Waals surface area contributed by atoms with Crippen molar-refractivity contribution >= 4 is 0 Å². The SMILES string of the molecule is COc1cccc(CC(N)c2cc(C)c(F)c(C)c2)c1. The highest BCUT2D eigenvalue weighted by Gasteiger charge is 2.11. The van der Waals surface area contributed by atoms with Crippen LogP contribution in [0, 0.1) is 19.7 Å². The minimum atomic E-state index is -0.153. The largest absolute Gasteiger partial charge is 0.497 e. The molecular formula is C17H20FNO. The van der Waals surface area contributed by atoms with Gasteiger partial charge in [-0.05, 0) is 54.7 Å². The number of benzene rings is 2. The van der Waals surface area contributed by atoms with Crippen molar-refractivity contribution in [3.05, 3.63) is 64.5 Å². The fraction of sp³-hybridized carbons (Fsp3) is 0.294. The number of hydrogen-bond acceptors (Lipinski definition) is 2. The summed E-state index contributed by atoms with van der Waals surface area (Å²) in [5.41, 5.74) is 9.59. The lowest BCUT2D eigenvalue weighted by molar-refractivity contribution is 0.414. The van der Waals surface area contributed by atoms with Gasteiger partial charge >= 0.3 is 0 Å². The first-order chi connectivity index (χ1) is 9.51. The molecule has 2 nitrogen and oxygen atoms in total. The van der Waals surface area contributed by atoms with Gasteiger partial charge in [-0.25, -0.2) is 4.39 Å². The molecule has 2 aromatic carbocycles. The van der Waals surface area contributed by atoms with E-state index in [4.69, 9.17) is 10.5 Å². The maximum Gasteiger partial charge on any atom is 0.129 e. The van der Waals surface area contributed by atoms with Crippen molar-refractivity contribution in [1.82, 2.24) is 0 Å². The zero-order valence-electron chi connectivity index (χ0n) is 12.1. The third-order valence-corrected chi connectivity index (χ3v) is 3.48. The van der Waals surface area contributed by atoms with Crippen molar-refractivity contribution in [2.75, 3.05) is 7.11 Å². The van der Waals surface area contributed by atoms with Crippen LogP contribution in [0.2, 0.25) is 0 Å². The number of rotatable bonds is 4. The highest BCUT2D eigenvalue weighted by Crippen LogP contribution is 2.23. The Bertz CT molecular complexity index is 587. The first kappa shape index (κ1) is 14.5. The summed E-state index contributed by atoms with van der Waals surface area (Å²) in [5.74, 6) is 0.670. The van der Waals surface area contributed by atoms with Gasteiger partial charge in [0.05, 0.1) is 7.11 Å². The zero-order valence-corrected chi connectivity index (χ0v) is 12.1. The number of nitrogens with two attached hydrogens (primary N) is 1. The summed E-state index contributed by atoms with van der Waals surface area (Å²) in [4.78, 5) is 0. The predicted molar refractivity (Wildman–Crippen MR) is 79.5 cm³/mol. The average molecular weight is 273 g/mol. The molecule has 2 rings (SSSR count). The maximum absolute atomic E-state index is 13.6. The molecule has 0 aromatic heterocycles. The molecular weight excluding hydrogens is 253 g/mol. The molecule has 0 aliphatic carbocycles. The molecule has 0 heterocycles. The Labute approximate surface area is 119 Å². The van der Waals surface area contributed by atoms with Crippen LogP contribution in [0.1, 0.15) is 28.3 Å². The van der Waals surface area contributed by atoms with Crippen LogP contribution in [-0.2, 0) is 6.42 Å². The molecule has 0 spiro atoms. The Morgan fingerprint density at radius 3 is 2.40 bits per heavy atom. The van der Waals surface area contributed by atoms with Gasteiger partial charge in [0.25, 0.3) is 0 Å². The van der Waals surface area contributed by atoms with E-state index in [0.29, 0.717) is 17.5 Å². The Morgan fingerprint density at radius 1 is 1.15 bits per heavy atom. The Balaban J connectivity index is 2.21. The van der Waals surface area contributed by atoms with Gasteiger partial charge in [0.15, 0.2) is 0 Å². The quantitative estimate of drug-likeness (QED) is 0.922. The van der Waals surface area contributed by atoms with E-state index >= 15 is 0 Å². The van der Waals surface area contributed by atoms with Crippen molar-refractivity contribution in [3.8, 4) is 5.75 Å². The summed E-state index contributed by atoms with van der Waals surface area (Å²) in [5, 5.41) is 0. The topological polar surface area (TPSA) is 35.2 Å². The fourth-order valence-corrected chi connectivity index (χ4v) is 2.36. The Kier molecular flexibility index (Phi) is 4.40. The number of hydrogen-bond donors (Lipinski definition) is 1. The van der Waals surface area contributed by atoms with Crippen LogP contribution < -0.4 is 10.5 Å². The second-order valence-electron chi connectivity index (χ2n) is 5.13. The van der Waals surface area contributed by atoms with Gasteiger partial charge in [0.1, 0.15) is 11.6 Å². The molecule has 1 unspecified atom stereocenters. The molecule has 3 heteroatoms. The predicted octanol–water partition coefficient (Wildman–Crippen LogP) is 3.69. The lowest BCUT2D eigenvalue weighted by atomic mass is 9.96. The van der Waals surface area contributed by atoms with Crippen LogP contribution in [0.4, 0.5) is 4.39 Å². The van der Waals surface area contributed by atoms with Crippen molar-refractivity contribution in [2.24, 2.45) is 5.73 Å². The number of aryl methyl sites for hydroxylation is 2. The summed E-state index contributed by atoms with van der Waals surface area (Å²) in [7, 11) is 1.64. The van der Waals surface area contributed by atoms with Gasteiger partial charge in [-0.1, -0.05) is 24.3 Å². The zero-order chi connectivity index (χ0) is 14.7. The Morgan fingerprint density at radius 2 is 1.80 bits per heavy atom. The van der Waals surface area contributed by atoms with Gasteiger partial charge in [0.2, 0.25) is 0 Å². The van der Waals surface area contributed by atoms with E-state index in [-0.39, 0.29) is 11.9 Å². The summed E-state index contributed by atoms with van der Waals surface area (Å²) >= 11 is 0. The van der Waals surface area contributed by atoms with E-state index in [9.17, 15) is 4.39 Å². The highest BCUT2D eigenvalue weighted by molar-refractivity contribution is 5.34. The minimum absolute atomic E-state index is 0.151. The van der Waals surface area contributed by atoms with Crippen LogP contribution >= 0.6 is 0 Å². The van der Waals surface area contributed by atoms with Crippen molar-refractivity contribution in [3.63, 3.8) is 0 Å². The van der Waals surface area contributed by atoms with Crippen LogP contribution in [0.5, 0.6) is 5.75 Å². The molecule has 0 bridgehead atoms. The molecule has 0 saturated heterocycles. The molecule has 0 aliphatic rings. The third-order valence-electron chi connectivity index (χ3n) is 3.48. The van der Waals surface area contributed by atoms with Gasteiger partial charge < -0.3 is 10.5 Å². The van der Waals surface area contributed by atoms with E-state index in [2.05, 4.69) is 0 Å². The highest BCUT2D eigenvalue weighted by atomic mass is 19.1. The summed E-state index contributed by atoms with van der Waals surface area (Å²) < 4.78 is 18.8. The molecule has 0 radical (unpaired) electrons. The van der Waals surface area contributed by atoms with Crippen LogP contribution in [0.15, 0.2) is 36.4 Å². The van der Waals surface area contributed by atoms with E-state index in [0.717, 1.165) is 16.9 Å².